The number of rotatable bonds is 3. The molecule has 5 rings (SSSR count). The number of nitrogens with two attached hydrogens (primary N) is 1. The van der Waals surface area contributed by atoms with Crippen LogP contribution in [-0.4, -0.2) is 26.3 Å². The summed E-state index contributed by atoms with van der Waals surface area (Å²) in [6.45, 7) is 4.51. The van der Waals surface area contributed by atoms with Crippen LogP contribution in [0.25, 0.3) is 0 Å². The predicted octanol–water partition coefficient (Wildman–Crippen LogP) is 4.90. The molecule has 0 saturated heterocycles. The summed E-state index contributed by atoms with van der Waals surface area (Å²) in [4.78, 5) is 25.0. The van der Waals surface area contributed by atoms with Gasteiger partial charge < -0.3 is 4.74 Å². The van der Waals surface area contributed by atoms with Gasteiger partial charge in [0.05, 0.1) is 15.5 Å². The van der Waals surface area contributed by atoms with E-state index < -0.39 is 16.0 Å². The zero-order valence-corrected chi connectivity index (χ0v) is 21.2. The largest absolute Gasteiger partial charge is 0.458 e. The van der Waals surface area contributed by atoms with Crippen LogP contribution in [0.4, 0.5) is 0 Å². The zero-order chi connectivity index (χ0) is 24.4. The van der Waals surface area contributed by atoms with E-state index in [1.807, 2.05) is 6.08 Å². The molecule has 184 valence electrons. The van der Waals surface area contributed by atoms with Gasteiger partial charge in [0.2, 0.25) is 10.0 Å². The highest BCUT2D eigenvalue weighted by atomic mass is 35.5. The number of carbonyl (C=O) groups excluding carboxylic acids is 2. The van der Waals surface area contributed by atoms with Crippen molar-refractivity contribution in [1.29, 1.82) is 0 Å². The van der Waals surface area contributed by atoms with Crippen molar-refractivity contribution in [3.63, 3.8) is 0 Å². The van der Waals surface area contributed by atoms with E-state index >= 15 is 0 Å². The van der Waals surface area contributed by atoms with Gasteiger partial charge in [0.1, 0.15) is 6.10 Å². The number of hydrogen-bond donors (Lipinski definition) is 1. The monoisotopic (exact) mass is 505 g/mol. The maximum absolute atomic E-state index is 13.1. The maximum Gasteiger partial charge on any atom is 0.339 e. The van der Waals surface area contributed by atoms with Crippen molar-refractivity contribution in [1.82, 2.24) is 0 Å². The van der Waals surface area contributed by atoms with Gasteiger partial charge in [-0.1, -0.05) is 31.0 Å². The standard InChI is InChI=1S/C26H32ClNO5S/c1-14-11-20-18(17-5-3-15(29)12-19(14)17)9-10-26(2)22(20)6-8-24(26)33-25(30)21-13-16(34(28,31)32)4-7-23(21)27/h4,7,12-14,17-18,20,22,24H,3,5-6,8-11H2,1-2H3,(H2,28,31,32)/t14-,17+,18?,20?,22?,24-,26-/m0/s1. The number of esters is 1. The third-order valence-corrected chi connectivity index (χ3v) is 10.6. The minimum absolute atomic E-state index is 0.0295. The van der Waals surface area contributed by atoms with Crippen LogP contribution in [0, 0.1) is 35.0 Å². The Hall–Kier alpha value is -1.70. The van der Waals surface area contributed by atoms with Gasteiger partial charge in [-0.2, -0.15) is 0 Å². The summed E-state index contributed by atoms with van der Waals surface area (Å²) in [7, 11) is -3.96. The number of halogens is 1. The van der Waals surface area contributed by atoms with Crippen molar-refractivity contribution in [2.45, 2.75) is 69.8 Å². The van der Waals surface area contributed by atoms with E-state index in [9.17, 15) is 18.0 Å². The van der Waals surface area contributed by atoms with Crippen LogP contribution >= 0.6 is 11.6 Å². The van der Waals surface area contributed by atoms with Crippen molar-refractivity contribution >= 4 is 33.4 Å². The number of ether oxygens (including phenoxy) is 1. The maximum atomic E-state index is 13.1. The minimum atomic E-state index is -3.96. The lowest BCUT2D eigenvalue weighted by atomic mass is 9.50. The van der Waals surface area contributed by atoms with Gasteiger partial charge in [0.15, 0.2) is 5.78 Å². The number of allylic oxidation sites excluding steroid dienone is 1. The fourth-order valence-corrected chi connectivity index (χ4v) is 8.41. The van der Waals surface area contributed by atoms with Crippen LogP contribution < -0.4 is 5.14 Å². The molecule has 4 aliphatic carbocycles. The van der Waals surface area contributed by atoms with Crippen molar-refractivity contribution < 1.29 is 22.7 Å². The topological polar surface area (TPSA) is 104 Å². The van der Waals surface area contributed by atoms with Gasteiger partial charge in [-0.25, -0.2) is 18.4 Å². The Balaban J connectivity index is 1.37. The van der Waals surface area contributed by atoms with E-state index in [1.165, 1.54) is 23.8 Å². The van der Waals surface area contributed by atoms with Crippen molar-refractivity contribution in [2.75, 3.05) is 0 Å². The summed E-state index contributed by atoms with van der Waals surface area (Å²) in [6.07, 6.45) is 8.28. The normalized spacial score (nSPS) is 37.3. The molecule has 0 spiro atoms. The first kappa shape index (κ1) is 24.0. The van der Waals surface area contributed by atoms with Gasteiger partial charge in [-0.05, 0) is 92.4 Å². The number of sulfonamides is 1. The summed E-state index contributed by atoms with van der Waals surface area (Å²) >= 11 is 6.22. The average molecular weight is 506 g/mol. The van der Waals surface area contributed by atoms with Gasteiger partial charge in [-0.3, -0.25) is 4.79 Å². The molecule has 0 bridgehead atoms. The Bertz CT molecular complexity index is 1180. The number of primary sulfonamides is 1. The lowest BCUT2D eigenvalue weighted by molar-refractivity contribution is -0.116. The van der Waals surface area contributed by atoms with Gasteiger partial charge in [0.25, 0.3) is 0 Å². The molecule has 34 heavy (non-hydrogen) atoms. The molecular formula is C26H32ClNO5S. The first-order chi connectivity index (χ1) is 16.0. The van der Waals surface area contributed by atoms with E-state index in [0.717, 1.165) is 38.5 Å². The van der Waals surface area contributed by atoms with Crippen LogP contribution in [0.2, 0.25) is 5.02 Å². The molecule has 0 heterocycles. The molecule has 1 aromatic carbocycles. The molecule has 4 aliphatic rings. The first-order valence-corrected chi connectivity index (χ1v) is 14.2. The minimum Gasteiger partial charge on any atom is -0.458 e. The van der Waals surface area contributed by atoms with E-state index in [4.69, 9.17) is 21.5 Å². The quantitative estimate of drug-likeness (QED) is 0.588. The van der Waals surface area contributed by atoms with Crippen molar-refractivity contribution in [3.8, 4) is 0 Å². The van der Waals surface area contributed by atoms with Gasteiger partial charge >= 0.3 is 5.97 Å². The van der Waals surface area contributed by atoms with Crippen LogP contribution in [0.3, 0.4) is 0 Å². The Morgan fingerprint density at radius 2 is 1.94 bits per heavy atom. The smallest absolute Gasteiger partial charge is 0.339 e. The Morgan fingerprint density at radius 1 is 1.18 bits per heavy atom. The molecular weight excluding hydrogens is 474 g/mol. The summed E-state index contributed by atoms with van der Waals surface area (Å²) in [5, 5.41) is 5.38. The molecule has 1 aromatic rings. The molecule has 3 saturated carbocycles. The predicted molar refractivity (Wildman–Crippen MR) is 129 cm³/mol. The highest BCUT2D eigenvalue weighted by Crippen LogP contribution is 2.63. The molecule has 7 atom stereocenters. The van der Waals surface area contributed by atoms with E-state index in [2.05, 4.69) is 13.8 Å². The molecule has 8 heteroatoms. The average Bonchev–Trinajstić information content (AvgIpc) is 3.10. The molecule has 0 aliphatic heterocycles. The summed E-state index contributed by atoms with van der Waals surface area (Å²) < 4.78 is 29.5. The molecule has 2 N–H and O–H groups in total. The highest BCUT2D eigenvalue weighted by Gasteiger charge is 2.58. The number of carbonyl (C=O) groups is 2. The Morgan fingerprint density at radius 3 is 2.68 bits per heavy atom. The number of hydrogen-bond acceptors (Lipinski definition) is 5. The molecule has 0 aromatic heterocycles. The number of benzene rings is 1. The Labute approximate surface area is 206 Å². The number of ketones is 1. The molecule has 6 nitrogen and oxygen atoms in total. The SMILES string of the molecule is C[C@H]1CC2C(CC[C@@]3(C)C2CC[C@@H]3OC(=O)c2cc(S(N)(=O)=O)ccc2Cl)[C@H]2CCC(=O)C=C12. The van der Waals surface area contributed by atoms with Crippen LogP contribution in [0.15, 0.2) is 34.7 Å². The van der Waals surface area contributed by atoms with Gasteiger partial charge in [0, 0.05) is 11.8 Å². The second-order valence-electron chi connectivity index (χ2n) is 11.0. The van der Waals surface area contributed by atoms with E-state index in [0.29, 0.717) is 36.0 Å². The zero-order valence-electron chi connectivity index (χ0n) is 19.6. The number of fused-ring (bicyclic) bond motifs is 5. The third-order valence-electron chi connectivity index (χ3n) is 9.31. The third kappa shape index (κ3) is 3.94. The van der Waals surface area contributed by atoms with Crippen LogP contribution in [-0.2, 0) is 19.6 Å². The highest BCUT2D eigenvalue weighted by molar-refractivity contribution is 7.89. The lowest BCUT2D eigenvalue weighted by Gasteiger charge is -2.55. The van der Waals surface area contributed by atoms with Crippen LogP contribution in [0.1, 0.15) is 69.2 Å². The van der Waals surface area contributed by atoms with E-state index in [-0.39, 0.29) is 32.8 Å². The van der Waals surface area contributed by atoms with Crippen molar-refractivity contribution in [2.24, 2.45) is 40.1 Å². The molecule has 3 unspecified atom stereocenters. The van der Waals surface area contributed by atoms with Crippen LogP contribution in [0.5, 0.6) is 0 Å². The van der Waals surface area contributed by atoms with Gasteiger partial charge in [-0.15, -0.1) is 0 Å². The summed E-state index contributed by atoms with van der Waals surface area (Å²) in [5.41, 5.74) is 1.28. The summed E-state index contributed by atoms with van der Waals surface area (Å²) in [5.74, 6) is 2.24. The lowest BCUT2D eigenvalue weighted by Crippen LogP contribution is -2.49. The molecule has 0 radical (unpaired) electrons. The van der Waals surface area contributed by atoms with E-state index in [1.54, 1.807) is 0 Å². The fraction of sp³-hybridized carbons (Fsp3) is 0.615. The fourth-order valence-electron chi connectivity index (χ4n) is 7.67. The first-order valence-electron chi connectivity index (χ1n) is 12.3. The molecule has 0 amide bonds. The van der Waals surface area contributed by atoms with Crippen molar-refractivity contribution in [3.05, 3.63) is 40.4 Å². The second kappa shape index (κ2) is 8.45. The summed E-state index contributed by atoms with van der Waals surface area (Å²) in [6, 6.07) is 3.85. The molecule has 3 fully saturated rings. The Kier molecular flexibility index (Phi) is 5.97. The second-order valence-corrected chi connectivity index (χ2v) is 13.0.